The number of pyridine rings is 1. The highest BCUT2D eigenvalue weighted by Gasteiger charge is 2.27. The zero-order valence-electron chi connectivity index (χ0n) is 22.0. The van der Waals surface area contributed by atoms with Gasteiger partial charge in [0, 0.05) is 24.7 Å². The molecule has 37 heavy (non-hydrogen) atoms. The molecule has 2 aliphatic carbocycles. The molecular formula is C29H35FN4O3. The molecule has 0 spiro atoms. The van der Waals surface area contributed by atoms with E-state index in [1.54, 1.807) is 19.4 Å². The van der Waals surface area contributed by atoms with Crippen molar-refractivity contribution in [3.05, 3.63) is 82.5 Å². The average Bonchev–Trinajstić information content (AvgIpc) is 3.57. The topological polar surface area (TPSA) is 98.7 Å². The van der Waals surface area contributed by atoms with Gasteiger partial charge >= 0.3 is 0 Å². The molecule has 1 saturated carbocycles. The van der Waals surface area contributed by atoms with Crippen LogP contribution in [-0.4, -0.2) is 36.1 Å². The number of benzene rings is 1. The second-order valence-corrected chi connectivity index (χ2v) is 9.35. The Morgan fingerprint density at radius 3 is 2.35 bits per heavy atom. The quantitative estimate of drug-likeness (QED) is 0.470. The fourth-order valence-corrected chi connectivity index (χ4v) is 4.12. The molecule has 1 unspecified atom stereocenters. The molecule has 1 fully saturated rings. The summed E-state index contributed by atoms with van der Waals surface area (Å²) in [6, 6.07) is 9.44. The number of rotatable bonds is 4. The van der Waals surface area contributed by atoms with Crippen LogP contribution in [0.5, 0.6) is 0 Å². The molecule has 1 atom stereocenters. The lowest BCUT2D eigenvalue weighted by atomic mass is 9.85. The van der Waals surface area contributed by atoms with Gasteiger partial charge in [-0.05, 0) is 50.0 Å². The van der Waals surface area contributed by atoms with Gasteiger partial charge in [0.1, 0.15) is 17.0 Å². The van der Waals surface area contributed by atoms with Crippen molar-refractivity contribution >= 4 is 17.8 Å². The highest BCUT2D eigenvalue weighted by Crippen LogP contribution is 2.37. The van der Waals surface area contributed by atoms with E-state index in [-0.39, 0.29) is 29.3 Å². The van der Waals surface area contributed by atoms with E-state index < -0.39 is 5.82 Å². The fraction of sp³-hybridized carbons (Fsp3) is 0.345. The number of hydrogen-bond acceptors (Lipinski definition) is 4. The molecular weight excluding hydrogens is 471 g/mol. The number of nitrogens with two attached hydrogens (primary N) is 1. The van der Waals surface area contributed by atoms with Crippen LogP contribution in [0.3, 0.4) is 0 Å². The van der Waals surface area contributed by atoms with E-state index in [2.05, 4.69) is 23.1 Å². The van der Waals surface area contributed by atoms with Crippen LogP contribution in [0.1, 0.15) is 60.5 Å². The number of ether oxygens (including phenoxy) is 1. The smallest absolute Gasteiger partial charge is 0.255 e. The van der Waals surface area contributed by atoms with Gasteiger partial charge in [0.15, 0.2) is 5.82 Å². The minimum Gasteiger partial charge on any atom is -0.497 e. The lowest BCUT2D eigenvalue weighted by Gasteiger charge is -2.22. The maximum absolute atomic E-state index is 15.8. The van der Waals surface area contributed by atoms with Crippen LogP contribution in [0.2, 0.25) is 0 Å². The minimum absolute atomic E-state index is 0.121. The number of allylic oxidation sites excluding steroid dienone is 3. The van der Waals surface area contributed by atoms with Crippen molar-refractivity contribution in [3.63, 3.8) is 0 Å². The highest BCUT2D eigenvalue weighted by atomic mass is 19.1. The van der Waals surface area contributed by atoms with Crippen LogP contribution in [0.25, 0.3) is 16.8 Å². The Morgan fingerprint density at radius 1 is 1.22 bits per heavy atom. The van der Waals surface area contributed by atoms with Gasteiger partial charge < -0.3 is 15.8 Å². The summed E-state index contributed by atoms with van der Waals surface area (Å²) in [5, 5.41) is 7.18. The number of carbonyl (C=O) groups excluding carboxylic acids is 2. The molecule has 3 N–H and O–H groups in total. The molecule has 2 aromatic heterocycles. The molecule has 8 heteroatoms. The van der Waals surface area contributed by atoms with Crippen molar-refractivity contribution in [2.24, 2.45) is 11.7 Å². The number of nitrogens with zero attached hydrogens (tertiary/aromatic N) is 2. The van der Waals surface area contributed by atoms with E-state index in [9.17, 15) is 4.79 Å². The number of amides is 2. The van der Waals surface area contributed by atoms with Crippen molar-refractivity contribution in [1.29, 1.82) is 0 Å². The predicted octanol–water partition coefficient (Wildman–Crippen LogP) is 5.29. The van der Waals surface area contributed by atoms with Crippen molar-refractivity contribution in [3.8, 4) is 11.3 Å². The molecule has 5 rings (SSSR count). The molecule has 0 saturated heterocycles. The largest absolute Gasteiger partial charge is 0.497 e. The third-order valence-electron chi connectivity index (χ3n) is 6.50. The van der Waals surface area contributed by atoms with E-state index in [0.29, 0.717) is 17.7 Å². The molecule has 3 aromatic rings. The summed E-state index contributed by atoms with van der Waals surface area (Å²) in [5.74, 6) is 0.953. The van der Waals surface area contributed by atoms with Gasteiger partial charge in [-0.1, -0.05) is 55.2 Å². The van der Waals surface area contributed by atoms with E-state index in [4.69, 9.17) is 9.53 Å². The second-order valence-electron chi connectivity index (χ2n) is 9.35. The standard InChI is InChI=1S/C24H24FN3O2.C4H8.CH3NO/c1-14-5-7-16(8-6-14)22-20(24(29)26-3)23-21(25)19(11-12-28(23)27-22)18-10-9-17(30-4)13-15(18)2;1-4-2-3-4;2-1-3/h5-9,11-13,18H,10H2,1-4H3,(H,26,29);4H,2-3H2,1H3;1H,(H2,2,3). The Balaban J connectivity index is 0.000000477. The first-order chi connectivity index (χ1) is 17.7. The maximum atomic E-state index is 15.8. The normalized spacial score (nSPS) is 16.3. The van der Waals surface area contributed by atoms with Gasteiger partial charge in [0.25, 0.3) is 5.91 Å². The summed E-state index contributed by atoms with van der Waals surface area (Å²) in [4.78, 5) is 21.4. The summed E-state index contributed by atoms with van der Waals surface area (Å²) in [7, 11) is 3.16. The molecule has 2 heterocycles. The summed E-state index contributed by atoms with van der Waals surface area (Å²) in [5.41, 5.74) is 8.48. The fourth-order valence-electron chi connectivity index (χ4n) is 4.12. The van der Waals surface area contributed by atoms with E-state index in [1.807, 2.05) is 50.3 Å². The van der Waals surface area contributed by atoms with Gasteiger partial charge in [-0.3, -0.25) is 9.59 Å². The summed E-state index contributed by atoms with van der Waals surface area (Å²) in [6.45, 7) is 6.23. The molecule has 0 bridgehead atoms. The van der Waals surface area contributed by atoms with Crippen LogP contribution in [0.4, 0.5) is 4.39 Å². The summed E-state index contributed by atoms with van der Waals surface area (Å²) >= 11 is 0. The van der Waals surface area contributed by atoms with Crippen LogP contribution in [-0.2, 0) is 9.53 Å². The number of methoxy groups -OCH3 is 1. The van der Waals surface area contributed by atoms with Crippen LogP contribution in [0, 0.1) is 18.7 Å². The number of fused-ring (bicyclic) bond motifs is 1. The third kappa shape index (κ3) is 6.44. The number of hydrogen-bond donors (Lipinski definition) is 2. The molecule has 2 aliphatic rings. The Bertz CT molecular complexity index is 1320. The lowest BCUT2D eigenvalue weighted by Crippen LogP contribution is -2.19. The molecule has 1 aromatic carbocycles. The Hall–Kier alpha value is -3.94. The lowest BCUT2D eigenvalue weighted by molar-refractivity contribution is -0.106. The van der Waals surface area contributed by atoms with Crippen molar-refractivity contribution < 1.29 is 18.7 Å². The number of aryl methyl sites for hydroxylation is 1. The number of nitrogens with one attached hydrogen (secondary N) is 1. The van der Waals surface area contributed by atoms with Gasteiger partial charge in [0.05, 0.1) is 12.7 Å². The van der Waals surface area contributed by atoms with Crippen molar-refractivity contribution in [2.45, 2.75) is 46.0 Å². The average molecular weight is 507 g/mol. The number of primary amides is 1. The Kier molecular flexibility index (Phi) is 9.22. The van der Waals surface area contributed by atoms with E-state index >= 15 is 4.39 Å². The van der Waals surface area contributed by atoms with E-state index in [1.165, 1.54) is 24.4 Å². The molecule has 0 aliphatic heterocycles. The maximum Gasteiger partial charge on any atom is 0.255 e. The van der Waals surface area contributed by atoms with Crippen molar-refractivity contribution in [2.75, 3.05) is 14.2 Å². The van der Waals surface area contributed by atoms with Crippen LogP contribution < -0.4 is 11.1 Å². The molecule has 7 nitrogen and oxygen atoms in total. The first kappa shape index (κ1) is 27.6. The van der Waals surface area contributed by atoms with Crippen molar-refractivity contribution in [1.82, 2.24) is 14.9 Å². The first-order valence-corrected chi connectivity index (χ1v) is 12.3. The summed E-state index contributed by atoms with van der Waals surface area (Å²) in [6.07, 6.45) is 9.45. The monoisotopic (exact) mass is 506 g/mol. The minimum atomic E-state index is -0.422. The highest BCUT2D eigenvalue weighted by molar-refractivity contribution is 6.06. The van der Waals surface area contributed by atoms with Gasteiger partial charge in [-0.25, -0.2) is 8.91 Å². The SMILES string of the molecule is CC1CC1.CNC(=O)c1c(-c2ccc(C)cc2)nn2ccc(C3CC=C(OC)C=C3C)c(F)c12.NC=O. The molecule has 2 amide bonds. The Morgan fingerprint density at radius 2 is 1.84 bits per heavy atom. The predicted molar refractivity (Wildman–Crippen MR) is 144 cm³/mol. The van der Waals surface area contributed by atoms with Gasteiger partial charge in [-0.2, -0.15) is 5.10 Å². The third-order valence-corrected chi connectivity index (χ3v) is 6.50. The van der Waals surface area contributed by atoms with E-state index in [0.717, 1.165) is 28.4 Å². The van der Waals surface area contributed by atoms with Crippen LogP contribution >= 0.6 is 0 Å². The number of carbonyl (C=O) groups is 2. The Labute approximate surface area is 217 Å². The second kappa shape index (κ2) is 12.3. The number of aromatic nitrogens is 2. The van der Waals surface area contributed by atoms with Gasteiger partial charge in [0.2, 0.25) is 6.41 Å². The van der Waals surface area contributed by atoms with Gasteiger partial charge in [-0.15, -0.1) is 0 Å². The molecule has 0 radical (unpaired) electrons. The summed E-state index contributed by atoms with van der Waals surface area (Å²) < 4.78 is 22.6. The molecule has 196 valence electrons. The zero-order chi connectivity index (χ0) is 27.1. The van der Waals surface area contributed by atoms with Crippen LogP contribution in [0.15, 0.2) is 60.0 Å². The zero-order valence-corrected chi connectivity index (χ0v) is 22.0. The first-order valence-electron chi connectivity index (χ1n) is 12.3. The number of halogens is 1.